The summed E-state index contributed by atoms with van der Waals surface area (Å²) in [5.41, 5.74) is 1.79. The Kier molecular flexibility index (Phi) is 28.6. The summed E-state index contributed by atoms with van der Waals surface area (Å²) in [5, 5.41) is 9.44. The van der Waals surface area contributed by atoms with Crippen LogP contribution in [0.25, 0.3) is 0 Å². The Morgan fingerprint density at radius 1 is 0.625 bits per heavy atom. The number of nitriles is 1. The predicted octanol–water partition coefficient (Wildman–Crippen LogP) is 15.3. The lowest BCUT2D eigenvalue weighted by molar-refractivity contribution is -0.107. The lowest BCUT2D eigenvalue weighted by Gasteiger charge is -2.40. The number of methoxy groups -OCH3 is 2. The zero-order chi connectivity index (χ0) is 46.3. The van der Waals surface area contributed by atoms with E-state index in [-0.39, 0.29) is 37.8 Å². The van der Waals surface area contributed by atoms with E-state index >= 15 is 0 Å². The van der Waals surface area contributed by atoms with Crippen molar-refractivity contribution in [2.75, 3.05) is 34.0 Å². The molecule has 0 amide bonds. The molecule has 3 rings (SSSR count). The molecule has 0 saturated carbocycles. The minimum atomic E-state index is -1.53. The van der Waals surface area contributed by atoms with E-state index < -0.39 is 20.2 Å². The van der Waals surface area contributed by atoms with Gasteiger partial charge in [-0.15, -0.1) is 0 Å². The SMILES string of the molecule is CCCCCCCC/C=C\C(CCCCCCCCCCC)OCC(COP(OCCC#N)N(C(C)C)C(C)C)OC(c1ccccc1)(c1ccc(OC)cc1)c1ccc(OC)cc1. The molecule has 0 aliphatic heterocycles. The van der Waals surface area contributed by atoms with E-state index in [0.717, 1.165) is 47.5 Å². The third kappa shape index (κ3) is 19.7. The second-order valence-electron chi connectivity index (χ2n) is 17.6. The maximum Gasteiger partial charge on any atom is 0.259 e. The molecule has 0 bridgehead atoms. The van der Waals surface area contributed by atoms with Crippen LogP contribution in [-0.4, -0.2) is 63.0 Å². The molecule has 356 valence electrons. The molecule has 0 aliphatic carbocycles. The minimum absolute atomic E-state index is 0.0555. The number of hydrogen-bond donors (Lipinski definition) is 0. The zero-order valence-electron chi connectivity index (χ0n) is 41.1. The molecule has 8 nitrogen and oxygen atoms in total. The standard InChI is InChI=1S/C55H85N2O6P/c1-9-11-13-15-17-19-21-23-28-33-53(32-27-22-20-18-16-14-12-10-2)60-44-54(45-62-64(61-43-29-42-56)57(46(3)4)47(5)6)63-55(48-30-25-24-26-31-48,49-34-38-51(58-7)39-35-49)50-36-40-52(59-8)41-37-50/h24-27,30-32,34-41,46-47,53-54H,9-23,28-29,33,43-45H2,1-8H3/b32-27-. The van der Waals surface area contributed by atoms with Crippen molar-refractivity contribution in [3.8, 4) is 17.6 Å². The summed E-state index contributed by atoms with van der Waals surface area (Å²) < 4.78 is 41.6. The fourth-order valence-electron chi connectivity index (χ4n) is 8.27. The highest BCUT2D eigenvalue weighted by molar-refractivity contribution is 7.44. The van der Waals surface area contributed by atoms with Gasteiger partial charge in [0.05, 0.1) is 52.6 Å². The van der Waals surface area contributed by atoms with E-state index in [1.807, 2.05) is 30.3 Å². The van der Waals surface area contributed by atoms with Gasteiger partial charge in [0.1, 0.15) is 23.2 Å². The van der Waals surface area contributed by atoms with Crippen LogP contribution in [0.5, 0.6) is 11.5 Å². The molecule has 0 saturated heterocycles. The third-order valence-corrected chi connectivity index (χ3v) is 13.8. The van der Waals surface area contributed by atoms with E-state index in [4.69, 9.17) is 28.0 Å². The largest absolute Gasteiger partial charge is 0.497 e. The number of unbranched alkanes of at least 4 members (excludes halogenated alkanes) is 14. The molecule has 64 heavy (non-hydrogen) atoms. The van der Waals surface area contributed by atoms with E-state index in [0.29, 0.717) is 6.61 Å². The first-order chi connectivity index (χ1) is 31.2. The van der Waals surface area contributed by atoms with Crippen LogP contribution in [0.15, 0.2) is 91.0 Å². The zero-order valence-corrected chi connectivity index (χ0v) is 42.0. The highest BCUT2D eigenvalue weighted by Gasteiger charge is 2.41. The van der Waals surface area contributed by atoms with Crippen LogP contribution in [0.4, 0.5) is 0 Å². The van der Waals surface area contributed by atoms with Gasteiger partial charge in [0.25, 0.3) is 8.53 Å². The number of ether oxygens (including phenoxy) is 4. The van der Waals surface area contributed by atoms with Crippen molar-refractivity contribution in [2.24, 2.45) is 0 Å². The van der Waals surface area contributed by atoms with Crippen LogP contribution in [-0.2, 0) is 24.1 Å². The fourth-order valence-corrected chi connectivity index (χ4v) is 9.90. The van der Waals surface area contributed by atoms with Gasteiger partial charge < -0.3 is 28.0 Å². The van der Waals surface area contributed by atoms with Crippen LogP contribution >= 0.6 is 8.53 Å². The molecule has 0 N–H and O–H groups in total. The van der Waals surface area contributed by atoms with E-state index in [9.17, 15) is 5.26 Å². The van der Waals surface area contributed by atoms with Gasteiger partial charge in [-0.3, -0.25) is 0 Å². The maximum atomic E-state index is 9.44. The third-order valence-electron chi connectivity index (χ3n) is 11.7. The van der Waals surface area contributed by atoms with Crippen molar-refractivity contribution < 1.29 is 28.0 Å². The molecular weight excluding hydrogens is 816 g/mol. The number of hydrogen-bond acceptors (Lipinski definition) is 8. The summed E-state index contributed by atoms with van der Waals surface area (Å²) in [7, 11) is 1.84. The van der Waals surface area contributed by atoms with Crippen LogP contribution in [0.3, 0.4) is 0 Å². The highest BCUT2D eigenvalue weighted by atomic mass is 31.2. The molecule has 3 aromatic carbocycles. The monoisotopic (exact) mass is 901 g/mol. The van der Waals surface area contributed by atoms with E-state index in [1.54, 1.807) is 14.2 Å². The second-order valence-corrected chi connectivity index (χ2v) is 19.0. The Labute approximate surface area is 391 Å². The first kappa shape index (κ1) is 55.1. The Hall–Kier alpha value is -3.28. The van der Waals surface area contributed by atoms with Gasteiger partial charge in [-0.25, -0.2) is 4.67 Å². The van der Waals surface area contributed by atoms with Gasteiger partial charge in [-0.05, 0) is 87.9 Å². The average molecular weight is 901 g/mol. The molecule has 0 radical (unpaired) electrons. The number of nitrogens with zero attached hydrogens (tertiary/aromatic N) is 2. The molecule has 0 heterocycles. The lowest BCUT2D eigenvalue weighted by Crippen LogP contribution is -2.41. The fraction of sp³-hybridized carbons (Fsp3) is 0.618. The molecule has 0 spiro atoms. The summed E-state index contributed by atoms with van der Waals surface area (Å²) in [5.74, 6) is 1.52. The Balaban J connectivity index is 2.06. The summed E-state index contributed by atoms with van der Waals surface area (Å²) in [6, 6.07) is 29.3. The molecule has 0 aromatic heterocycles. The second kappa shape index (κ2) is 33.2. The van der Waals surface area contributed by atoms with Gasteiger partial charge in [-0.2, -0.15) is 5.26 Å². The van der Waals surface area contributed by atoms with Gasteiger partial charge in [0.2, 0.25) is 0 Å². The smallest absolute Gasteiger partial charge is 0.259 e. The number of allylic oxidation sites excluding steroid dienone is 1. The van der Waals surface area contributed by atoms with Gasteiger partial charge in [0, 0.05) is 12.1 Å². The topological polar surface area (TPSA) is 82.4 Å². The van der Waals surface area contributed by atoms with Crippen molar-refractivity contribution in [1.82, 2.24) is 4.67 Å². The minimum Gasteiger partial charge on any atom is -0.497 e. The Morgan fingerprint density at radius 3 is 1.62 bits per heavy atom. The molecule has 9 heteroatoms. The summed E-state index contributed by atoms with van der Waals surface area (Å²) in [6.07, 6.45) is 25.6. The first-order valence-electron chi connectivity index (χ1n) is 24.8. The first-order valence-corrected chi connectivity index (χ1v) is 25.9. The van der Waals surface area contributed by atoms with Crippen molar-refractivity contribution in [3.63, 3.8) is 0 Å². The van der Waals surface area contributed by atoms with Crippen molar-refractivity contribution >= 4 is 8.53 Å². The molecule has 3 atom stereocenters. The number of benzene rings is 3. The lowest BCUT2D eigenvalue weighted by atomic mass is 9.79. The normalized spacial score (nSPS) is 13.5. The van der Waals surface area contributed by atoms with Crippen molar-refractivity contribution in [1.29, 1.82) is 5.26 Å². The molecule has 0 aliphatic rings. The molecule has 0 fully saturated rings. The van der Waals surface area contributed by atoms with Gasteiger partial charge in [0.15, 0.2) is 0 Å². The predicted molar refractivity (Wildman–Crippen MR) is 267 cm³/mol. The quantitative estimate of drug-likeness (QED) is 0.0245. The van der Waals surface area contributed by atoms with Crippen LogP contribution in [0, 0.1) is 11.3 Å². The van der Waals surface area contributed by atoms with Crippen LogP contribution in [0.1, 0.15) is 174 Å². The highest BCUT2D eigenvalue weighted by Crippen LogP contribution is 2.47. The van der Waals surface area contributed by atoms with Crippen LogP contribution < -0.4 is 9.47 Å². The molecular formula is C55H85N2O6P. The molecule has 3 unspecified atom stereocenters. The van der Waals surface area contributed by atoms with E-state index in [1.165, 1.54) is 89.9 Å². The van der Waals surface area contributed by atoms with Crippen LogP contribution in [0.2, 0.25) is 0 Å². The number of rotatable bonds is 37. The Morgan fingerprint density at radius 2 is 1.12 bits per heavy atom. The van der Waals surface area contributed by atoms with E-state index in [2.05, 4.69) is 113 Å². The Bertz CT molecular complexity index is 1610. The average Bonchev–Trinajstić information content (AvgIpc) is 3.31. The molecule has 3 aromatic rings. The van der Waals surface area contributed by atoms with Crippen molar-refractivity contribution in [2.45, 2.75) is 187 Å². The van der Waals surface area contributed by atoms with Gasteiger partial charge in [-0.1, -0.05) is 170 Å². The summed E-state index contributed by atoms with van der Waals surface area (Å²) in [4.78, 5) is 0. The summed E-state index contributed by atoms with van der Waals surface area (Å²) >= 11 is 0. The summed E-state index contributed by atoms with van der Waals surface area (Å²) in [6.45, 7) is 14.0. The maximum absolute atomic E-state index is 9.44. The van der Waals surface area contributed by atoms with Crippen molar-refractivity contribution in [3.05, 3.63) is 108 Å². The van der Waals surface area contributed by atoms with Gasteiger partial charge >= 0.3 is 0 Å².